The number of hydrogen-bond acceptors (Lipinski definition) is 3. The van der Waals surface area contributed by atoms with Crippen molar-refractivity contribution < 1.29 is 4.74 Å². The van der Waals surface area contributed by atoms with Crippen LogP contribution in [0.4, 0.5) is 0 Å². The van der Waals surface area contributed by atoms with Gasteiger partial charge in [-0.2, -0.15) is 0 Å². The van der Waals surface area contributed by atoms with Crippen molar-refractivity contribution in [2.75, 3.05) is 26.8 Å². The summed E-state index contributed by atoms with van der Waals surface area (Å²) >= 11 is 0. The Morgan fingerprint density at radius 1 is 1.17 bits per heavy atom. The minimum atomic E-state index is 0.178. The second kappa shape index (κ2) is 8.13. The molecule has 0 saturated heterocycles. The third kappa shape index (κ3) is 6.72. The fourth-order valence-electron chi connectivity index (χ4n) is 2.36. The van der Waals surface area contributed by atoms with Crippen LogP contribution in [0.5, 0.6) is 0 Å². The van der Waals surface area contributed by atoms with Gasteiger partial charge in [0.1, 0.15) is 0 Å². The first-order chi connectivity index (χ1) is 8.22. The molecule has 2 atom stereocenters. The number of rotatable bonds is 8. The zero-order chi connectivity index (χ0) is 14.3. The van der Waals surface area contributed by atoms with E-state index in [0.717, 1.165) is 19.7 Å². The Morgan fingerprint density at radius 2 is 1.72 bits per heavy atom. The van der Waals surface area contributed by atoms with E-state index in [1.165, 1.54) is 0 Å². The molecule has 0 aliphatic heterocycles. The molecule has 0 saturated carbocycles. The van der Waals surface area contributed by atoms with E-state index in [4.69, 9.17) is 4.74 Å². The summed E-state index contributed by atoms with van der Waals surface area (Å²) in [5.74, 6) is 0.638. The average Bonchev–Trinajstić information content (AvgIpc) is 2.22. The molecule has 18 heavy (non-hydrogen) atoms. The van der Waals surface area contributed by atoms with Crippen LogP contribution in [0.15, 0.2) is 0 Å². The summed E-state index contributed by atoms with van der Waals surface area (Å²) in [6, 6.07) is 1.02. The van der Waals surface area contributed by atoms with Gasteiger partial charge < -0.3 is 10.1 Å². The summed E-state index contributed by atoms with van der Waals surface area (Å²) in [4.78, 5) is 2.55. The molecule has 0 bridgehead atoms. The van der Waals surface area contributed by atoms with Crippen molar-refractivity contribution >= 4 is 0 Å². The van der Waals surface area contributed by atoms with Gasteiger partial charge >= 0.3 is 0 Å². The Labute approximate surface area is 114 Å². The molecule has 3 nitrogen and oxygen atoms in total. The molecular formula is C15H34N2O. The minimum Gasteiger partial charge on any atom is -0.383 e. The van der Waals surface area contributed by atoms with Crippen LogP contribution in [0.2, 0.25) is 0 Å². The highest BCUT2D eigenvalue weighted by Gasteiger charge is 2.26. The highest BCUT2D eigenvalue weighted by atomic mass is 16.5. The van der Waals surface area contributed by atoms with E-state index < -0.39 is 0 Å². The molecule has 0 aromatic carbocycles. The van der Waals surface area contributed by atoms with Crippen molar-refractivity contribution in [1.29, 1.82) is 0 Å². The zero-order valence-corrected chi connectivity index (χ0v) is 13.7. The Morgan fingerprint density at radius 3 is 2.06 bits per heavy atom. The maximum atomic E-state index is 5.30. The van der Waals surface area contributed by atoms with E-state index in [0.29, 0.717) is 18.0 Å². The van der Waals surface area contributed by atoms with Gasteiger partial charge in [0.05, 0.1) is 6.61 Å². The van der Waals surface area contributed by atoms with E-state index >= 15 is 0 Å². The predicted molar refractivity (Wildman–Crippen MR) is 80.1 cm³/mol. The summed E-state index contributed by atoms with van der Waals surface area (Å²) in [5, 5.41) is 3.63. The van der Waals surface area contributed by atoms with E-state index in [1.807, 2.05) is 0 Å². The van der Waals surface area contributed by atoms with Gasteiger partial charge in [0.25, 0.3) is 0 Å². The van der Waals surface area contributed by atoms with Crippen LogP contribution in [-0.4, -0.2) is 49.3 Å². The number of nitrogens with zero attached hydrogens (tertiary/aromatic N) is 1. The summed E-state index contributed by atoms with van der Waals surface area (Å²) in [6.45, 7) is 18.7. The normalized spacial score (nSPS) is 16.3. The van der Waals surface area contributed by atoms with Crippen LogP contribution in [0.1, 0.15) is 48.5 Å². The molecule has 0 aromatic rings. The van der Waals surface area contributed by atoms with E-state index in [9.17, 15) is 0 Å². The third-order valence-corrected chi connectivity index (χ3v) is 3.38. The van der Waals surface area contributed by atoms with Gasteiger partial charge in [-0.15, -0.1) is 0 Å². The van der Waals surface area contributed by atoms with Gasteiger partial charge in [0, 0.05) is 31.3 Å². The molecule has 3 heteroatoms. The summed E-state index contributed by atoms with van der Waals surface area (Å²) in [5.41, 5.74) is 0.178. The van der Waals surface area contributed by atoms with Crippen molar-refractivity contribution in [3.63, 3.8) is 0 Å². The summed E-state index contributed by atoms with van der Waals surface area (Å²) < 4.78 is 5.30. The number of likely N-dealkylation sites (N-methyl/N-ethyl adjacent to an activating group) is 1. The van der Waals surface area contributed by atoms with Crippen molar-refractivity contribution in [2.45, 2.75) is 66.1 Å². The Kier molecular flexibility index (Phi) is 8.08. The largest absolute Gasteiger partial charge is 0.383 e. The van der Waals surface area contributed by atoms with Crippen LogP contribution in [0.3, 0.4) is 0 Å². The Balaban J connectivity index is 4.63. The molecule has 0 fully saturated rings. The molecular weight excluding hydrogens is 224 g/mol. The lowest BCUT2D eigenvalue weighted by Crippen LogP contribution is -2.53. The summed E-state index contributed by atoms with van der Waals surface area (Å²) in [7, 11) is 1.78. The molecule has 2 unspecified atom stereocenters. The molecule has 0 aliphatic rings. The Hall–Kier alpha value is -0.120. The summed E-state index contributed by atoms with van der Waals surface area (Å²) in [6.07, 6.45) is 0. The van der Waals surface area contributed by atoms with E-state index in [-0.39, 0.29) is 5.54 Å². The lowest BCUT2D eigenvalue weighted by atomic mass is 9.99. The lowest BCUT2D eigenvalue weighted by Gasteiger charge is -2.39. The zero-order valence-electron chi connectivity index (χ0n) is 13.7. The quantitative estimate of drug-likeness (QED) is 0.724. The molecule has 0 heterocycles. The molecule has 1 N–H and O–H groups in total. The first kappa shape index (κ1) is 17.9. The van der Waals surface area contributed by atoms with Crippen molar-refractivity contribution in [1.82, 2.24) is 10.2 Å². The van der Waals surface area contributed by atoms with Gasteiger partial charge in [-0.25, -0.2) is 0 Å². The van der Waals surface area contributed by atoms with Crippen molar-refractivity contribution in [2.24, 2.45) is 5.92 Å². The monoisotopic (exact) mass is 258 g/mol. The fourth-order valence-corrected chi connectivity index (χ4v) is 2.36. The standard InChI is InChI=1S/C15H34N2O/c1-9-17(13(4)11-18-8)14(12(2)3)10-16-15(5,6)7/h12-14,16H,9-11H2,1-8H3. The third-order valence-electron chi connectivity index (χ3n) is 3.38. The minimum absolute atomic E-state index is 0.178. The second-order valence-electron chi connectivity index (χ2n) is 6.58. The van der Waals surface area contributed by atoms with Crippen LogP contribution in [0.25, 0.3) is 0 Å². The fraction of sp³-hybridized carbons (Fsp3) is 1.00. The smallest absolute Gasteiger partial charge is 0.0615 e. The molecule has 0 amide bonds. The molecule has 110 valence electrons. The number of hydrogen-bond donors (Lipinski definition) is 1. The van der Waals surface area contributed by atoms with Gasteiger partial charge in [0.2, 0.25) is 0 Å². The predicted octanol–water partition coefficient (Wildman–Crippen LogP) is 2.76. The highest BCUT2D eigenvalue weighted by molar-refractivity contribution is 4.83. The Bertz CT molecular complexity index is 211. The van der Waals surface area contributed by atoms with Crippen LogP contribution in [-0.2, 0) is 4.74 Å². The van der Waals surface area contributed by atoms with Gasteiger partial charge in [-0.3, -0.25) is 4.90 Å². The maximum absolute atomic E-state index is 5.30. The van der Waals surface area contributed by atoms with Crippen LogP contribution in [0, 0.1) is 5.92 Å². The van der Waals surface area contributed by atoms with E-state index in [2.05, 4.69) is 58.7 Å². The molecule has 0 rings (SSSR count). The van der Waals surface area contributed by atoms with Crippen LogP contribution < -0.4 is 5.32 Å². The number of methoxy groups -OCH3 is 1. The second-order valence-corrected chi connectivity index (χ2v) is 6.58. The molecule has 0 radical (unpaired) electrons. The van der Waals surface area contributed by atoms with Crippen molar-refractivity contribution in [3.8, 4) is 0 Å². The average molecular weight is 258 g/mol. The highest BCUT2D eigenvalue weighted by Crippen LogP contribution is 2.15. The number of ether oxygens (including phenoxy) is 1. The van der Waals surface area contributed by atoms with Gasteiger partial charge in [-0.05, 0) is 40.2 Å². The van der Waals surface area contributed by atoms with Gasteiger partial charge in [-0.1, -0.05) is 20.8 Å². The van der Waals surface area contributed by atoms with Crippen molar-refractivity contribution in [3.05, 3.63) is 0 Å². The maximum Gasteiger partial charge on any atom is 0.0615 e. The van der Waals surface area contributed by atoms with Gasteiger partial charge in [0.15, 0.2) is 0 Å². The first-order valence-corrected chi connectivity index (χ1v) is 7.22. The molecule has 0 aromatic heterocycles. The lowest BCUT2D eigenvalue weighted by molar-refractivity contribution is 0.0540. The topological polar surface area (TPSA) is 24.5 Å². The first-order valence-electron chi connectivity index (χ1n) is 7.22. The molecule has 0 spiro atoms. The molecule has 0 aliphatic carbocycles. The SMILES string of the molecule is CCN(C(C)COC)C(CNC(C)(C)C)C(C)C. The number of nitrogens with one attached hydrogen (secondary N) is 1. The van der Waals surface area contributed by atoms with E-state index in [1.54, 1.807) is 7.11 Å². The van der Waals surface area contributed by atoms with Crippen LogP contribution >= 0.6 is 0 Å².